The maximum absolute atomic E-state index is 12.8. The minimum Gasteiger partial charge on any atom is -0.508 e. The quantitative estimate of drug-likeness (QED) is 0.0609. The van der Waals surface area contributed by atoms with E-state index in [1.54, 1.807) is 36.4 Å². The Hall–Kier alpha value is -5.39. The summed E-state index contributed by atoms with van der Waals surface area (Å²) in [5.74, 6) is 0.364. The summed E-state index contributed by atoms with van der Waals surface area (Å²) in [4.78, 5) is 40.3. The van der Waals surface area contributed by atoms with E-state index in [0.717, 1.165) is 74.0 Å². The van der Waals surface area contributed by atoms with Crippen LogP contribution >= 0.6 is 0 Å². The number of amides is 3. The third kappa shape index (κ3) is 13.9. The summed E-state index contributed by atoms with van der Waals surface area (Å²) in [6.45, 7) is 3.96. The number of hydrogen-bond donors (Lipinski definition) is 6. The number of hydrogen-bond acceptors (Lipinski definition) is 8. The van der Waals surface area contributed by atoms with Crippen LogP contribution in [0.5, 0.6) is 11.5 Å². The molecule has 4 aromatic rings. The standard InChI is InChI=1S/C43H53N5O6/c49-36-17-13-32(14-18-36)29-35(30-42(52)46-31-33-15-19-37(50)20-16-33)44-24-7-2-8-25-45-41(51)23-28-48-26-21-38(22-27-48)54-43(53)47-40-12-6-5-11-39(40)34-9-3-1-4-10-34/h1,3-6,9-20,35,38,44,49-50H,2,7-8,21-31H2,(H,45,51)(H,46,52)(H,47,53). The van der Waals surface area contributed by atoms with Crippen LogP contribution in [-0.2, 0) is 27.3 Å². The Labute approximate surface area is 318 Å². The number of ether oxygens (including phenoxy) is 1. The van der Waals surface area contributed by atoms with Gasteiger partial charge in [-0.3, -0.25) is 14.9 Å². The molecular formula is C43H53N5O6. The van der Waals surface area contributed by atoms with E-state index in [1.807, 2.05) is 66.7 Å². The highest BCUT2D eigenvalue weighted by atomic mass is 16.6. The molecule has 0 aliphatic carbocycles. The van der Waals surface area contributed by atoms with Gasteiger partial charge in [-0.1, -0.05) is 79.2 Å². The van der Waals surface area contributed by atoms with E-state index in [1.165, 1.54) is 0 Å². The number of nitrogens with one attached hydrogen (secondary N) is 4. The van der Waals surface area contributed by atoms with Crippen LogP contribution in [0, 0.1) is 0 Å². The molecule has 1 unspecified atom stereocenters. The third-order valence-electron chi connectivity index (χ3n) is 9.60. The van der Waals surface area contributed by atoms with Crippen molar-refractivity contribution in [3.05, 3.63) is 114 Å². The van der Waals surface area contributed by atoms with E-state index < -0.39 is 6.09 Å². The monoisotopic (exact) mass is 735 g/mol. The van der Waals surface area contributed by atoms with E-state index in [-0.39, 0.29) is 35.5 Å². The maximum Gasteiger partial charge on any atom is 0.411 e. The fourth-order valence-electron chi connectivity index (χ4n) is 6.56. The van der Waals surface area contributed by atoms with E-state index in [0.29, 0.717) is 44.6 Å². The molecule has 286 valence electrons. The normalized spacial score (nSPS) is 13.9. The van der Waals surface area contributed by atoms with Gasteiger partial charge in [-0.25, -0.2) is 4.79 Å². The van der Waals surface area contributed by atoms with Crippen molar-refractivity contribution in [2.24, 2.45) is 0 Å². The zero-order chi connectivity index (χ0) is 38.0. The summed E-state index contributed by atoms with van der Waals surface area (Å²) < 4.78 is 5.75. The molecule has 4 aromatic carbocycles. The van der Waals surface area contributed by atoms with Crippen molar-refractivity contribution in [3.63, 3.8) is 0 Å². The molecule has 1 atom stereocenters. The molecule has 0 radical (unpaired) electrons. The van der Waals surface area contributed by atoms with Crippen molar-refractivity contribution in [1.29, 1.82) is 0 Å². The number of phenols is 2. The van der Waals surface area contributed by atoms with Gasteiger partial charge < -0.3 is 35.8 Å². The highest BCUT2D eigenvalue weighted by Gasteiger charge is 2.23. The Morgan fingerprint density at radius 3 is 2.09 bits per heavy atom. The number of likely N-dealkylation sites (tertiary alicyclic amines) is 1. The van der Waals surface area contributed by atoms with Gasteiger partial charge >= 0.3 is 6.09 Å². The van der Waals surface area contributed by atoms with Crippen molar-refractivity contribution in [3.8, 4) is 22.6 Å². The lowest BCUT2D eigenvalue weighted by molar-refractivity contribution is -0.122. The summed E-state index contributed by atoms with van der Waals surface area (Å²) in [5.41, 5.74) is 4.61. The fraction of sp³-hybridized carbons (Fsp3) is 0.372. The van der Waals surface area contributed by atoms with Gasteiger partial charge in [0.2, 0.25) is 11.8 Å². The molecule has 0 aromatic heterocycles. The van der Waals surface area contributed by atoms with Gasteiger partial charge in [-0.2, -0.15) is 0 Å². The Morgan fingerprint density at radius 2 is 1.37 bits per heavy atom. The number of carbonyl (C=O) groups excluding carboxylic acids is 3. The van der Waals surface area contributed by atoms with E-state index in [2.05, 4.69) is 26.2 Å². The van der Waals surface area contributed by atoms with Crippen LogP contribution in [0.2, 0.25) is 0 Å². The SMILES string of the molecule is O=C(CCN1CCC(OC(=O)Nc2ccccc2-c2ccccc2)CC1)NCCCCCNC(CC(=O)NCc1ccc(O)cc1)Cc1ccc(O)cc1. The van der Waals surface area contributed by atoms with Crippen LogP contribution < -0.4 is 21.3 Å². The molecule has 0 spiro atoms. The first-order valence-corrected chi connectivity index (χ1v) is 19.0. The lowest BCUT2D eigenvalue weighted by Crippen LogP contribution is -2.40. The number of unbranched alkanes of at least 4 members (excludes halogenated alkanes) is 2. The summed E-state index contributed by atoms with van der Waals surface area (Å²) in [7, 11) is 0. The Kier molecular flexibility index (Phi) is 15.7. The average Bonchev–Trinajstić information content (AvgIpc) is 3.18. The minimum absolute atomic E-state index is 0.0373. The Morgan fingerprint density at radius 1 is 0.722 bits per heavy atom. The summed E-state index contributed by atoms with van der Waals surface area (Å²) >= 11 is 0. The lowest BCUT2D eigenvalue weighted by atomic mass is 10.0. The molecule has 1 heterocycles. The van der Waals surface area contributed by atoms with Gasteiger partial charge in [0.05, 0.1) is 5.69 Å². The first-order valence-electron chi connectivity index (χ1n) is 19.0. The molecule has 11 heteroatoms. The number of benzene rings is 4. The largest absolute Gasteiger partial charge is 0.508 e. The van der Waals surface area contributed by atoms with Crippen LogP contribution in [0.25, 0.3) is 11.1 Å². The molecule has 0 bridgehead atoms. The molecule has 1 saturated heterocycles. The molecule has 1 aliphatic heterocycles. The Bertz CT molecular complexity index is 1740. The molecule has 0 saturated carbocycles. The first kappa shape index (κ1) is 39.8. The number of para-hydroxylation sites is 1. The van der Waals surface area contributed by atoms with Crippen LogP contribution in [0.1, 0.15) is 56.1 Å². The second-order valence-corrected chi connectivity index (χ2v) is 13.8. The zero-order valence-electron chi connectivity index (χ0n) is 30.8. The second-order valence-electron chi connectivity index (χ2n) is 13.8. The number of piperidine rings is 1. The van der Waals surface area contributed by atoms with Gasteiger partial charge in [0.1, 0.15) is 17.6 Å². The third-order valence-corrected chi connectivity index (χ3v) is 9.60. The van der Waals surface area contributed by atoms with Crippen molar-refractivity contribution < 1.29 is 29.3 Å². The molecule has 1 aliphatic rings. The topological polar surface area (TPSA) is 152 Å². The molecule has 54 heavy (non-hydrogen) atoms. The van der Waals surface area contributed by atoms with Crippen LogP contribution in [-0.4, -0.2) is 77.9 Å². The highest BCUT2D eigenvalue weighted by Crippen LogP contribution is 2.28. The smallest absolute Gasteiger partial charge is 0.411 e. The molecule has 6 N–H and O–H groups in total. The van der Waals surface area contributed by atoms with Gasteiger partial charge in [0, 0.05) is 57.2 Å². The fourth-order valence-corrected chi connectivity index (χ4v) is 6.56. The number of phenolic OH excluding ortho intramolecular Hbond substituents is 2. The van der Waals surface area contributed by atoms with Crippen molar-refractivity contribution >= 4 is 23.6 Å². The summed E-state index contributed by atoms with van der Waals surface area (Å²) in [6.07, 6.45) is 4.93. The van der Waals surface area contributed by atoms with Crippen molar-refractivity contribution in [2.45, 2.75) is 70.1 Å². The van der Waals surface area contributed by atoms with Gasteiger partial charge in [-0.05, 0) is 85.7 Å². The van der Waals surface area contributed by atoms with E-state index in [4.69, 9.17) is 4.74 Å². The Balaban J connectivity index is 0.923. The van der Waals surface area contributed by atoms with Gasteiger partial charge in [-0.15, -0.1) is 0 Å². The summed E-state index contributed by atoms with van der Waals surface area (Å²) in [6, 6.07) is 31.3. The number of rotatable bonds is 19. The lowest BCUT2D eigenvalue weighted by Gasteiger charge is -2.31. The predicted molar refractivity (Wildman–Crippen MR) is 211 cm³/mol. The highest BCUT2D eigenvalue weighted by molar-refractivity contribution is 5.91. The predicted octanol–water partition coefficient (Wildman–Crippen LogP) is 6.36. The molecule has 5 rings (SSSR count). The molecular weight excluding hydrogens is 683 g/mol. The first-order chi connectivity index (χ1) is 26.3. The van der Waals surface area contributed by atoms with Crippen LogP contribution in [0.3, 0.4) is 0 Å². The second kappa shape index (κ2) is 21.3. The number of aromatic hydroxyl groups is 2. The number of anilines is 1. The minimum atomic E-state index is -0.452. The van der Waals surface area contributed by atoms with E-state index in [9.17, 15) is 24.6 Å². The van der Waals surface area contributed by atoms with Gasteiger partial charge in [0.15, 0.2) is 0 Å². The maximum atomic E-state index is 12.8. The number of nitrogens with zero attached hydrogens (tertiary/aromatic N) is 1. The molecule has 11 nitrogen and oxygen atoms in total. The van der Waals surface area contributed by atoms with Gasteiger partial charge in [0.25, 0.3) is 0 Å². The number of carbonyl (C=O) groups is 3. The van der Waals surface area contributed by atoms with Crippen LogP contribution in [0.4, 0.5) is 10.5 Å². The van der Waals surface area contributed by atoms with Crippen molar-refractivity contribution in [2.75, 3.05) is 38.0 Å². The van der Waals surface area contributed by atoms with E-state index >= 15 is 0 Å². The van der Waals surface area contributed by atoms with Crippen molar-refractivity contribution in [1.82, 2.24) is 20.9 Å². The zero-order valence-corrected chi connectivity index (χ0v) is 30.8. The average molecular weight is 736 g/mol. The van der Waals surface area contributed by atoms with Crippen LogP contribution in [0.15, 0.2) is 103 Å². The summed E-state index contributed by atoms with van der Waals surface area (Å²) in [5, 5.41) is 31.6. The molecule has 3 amide bonds. The molecule has 1 fully saturated rings.